The number of hydrogen-bond donors (Lipinski definition) is 3. The molecule has 0 spiro atoms. The van der Waals surface area contributed by atoms with E-state index in [-0.39, 0.29) is 12.4 Å². The number of anilines is 1. The van der Waals surface area contributed by atoms with Gasteiger partial charge in [0.25, 0.3) is 0 Å². The molecular weight excluding hydrogens is 294 g/mol. The van der Waals surface area contributed by atoms with E-state index in [1.54, 1.807) is 0 Å². The average Bonchev–Trinajstić information content (AvgIpc) is 2.57. The predicted octanol–water partition coefficient (Wildman–Crippen LogP) is -1.16. The second-order valence-electron chi connectivity index (χ2n) is 3.72. The summed E-state index contributed by atoms with van der Waals surface area (Å²) >= 11 is 3.24. The van der Waals surface area contributed by atoms with E-state index in [9.17, 15) is 9.90 Å². The van der Waals surface area contributed by atoms with Gasteiger partial charge >= 0.3 is 5.69 Å². The molecule has 0 aromatic carbocycles. The Labute approximate surface area is 105 Å². The maximum absolute atomic E-state index is 11.6. The van der Waals surface area contributed by atoms with Gasteiger partial charge in [-0.1, -0.05) is 15.9 Å². The second kappa shape index (κ2) is 4.73. The molecule has 7 nitrogen and oxygen atoms in total. The van der Waals surface area contributed by atoms with Gasteiger partial charge < -0.3 is 20.7 Å². The van der Waals surface area contributed by atoms with Crippen LogP contribution >= 0.6 is 15.9 Å². The number of alkyl halides is 1. The third-order valence-electron chi connectivity index (χ3n) is 2.60. The van der Waals surface area contributed by atoms with Gasteiger partial charge in [0.15, 0.2) is 6.23 Å². The maximum Gasteiger partial charge on any atom is 0.351 e. The summed E-state index contributed by atoms with van der Waals surface area (Å²) in [6.45, 7) is -0.323. The van der Waals surface area contributed by atoms with E-state index < -0.39 is 29.0 Å². The van der Waals surface area contributed by atoms with Crippen LogP contribution in [-0.4, -0.2) is 43.4 Å². The smallest absolute Gasteiger partial charge is 0.351 e. The Bertz CT molecular complexity index is 466. The summed E-state index contributed by atoms with van der Waals surface area (Å²) in [6.07, 6.45) is -0.901. The molecule has 2 rings (SSSR count). The van der Waals surface area contributed by atoms with E-state index >= 15 is 0 Å². The Balaban J connectivity index is 2.32. The Morgan fingerprint density at radius 3 is 2.88 bits per heavy atom. The minimum Gasteiger partial charge on any atom is -0.394 e. The van der Waals surface area contributed by atoms with E-state index in [1.807, 2.05) is 0 Å². The largest absolute Gasteiger partial charge is 0.394 e. The normalized spacial score (nSPS) is 32.9. The highest BCUT2D eigenvalue weighted by atomic mass is 79.9. The van der Waals surface area contributed by atoms with E-state index in [0.29, 0.717) is 0 Å². The van der Waals surface area contributed by atoms with E-state index in [0.717, 1.165) is 0 Å². The standard InChI is InChI=1S/C9H12BrN3O4/c10-6-7(15)4(3-14)17-8(6)13-2-1-5(11)12-9(13)16/h1-2,4,6-8,14-15H,3H2,(H2,11,12,16)/t4-,6+,7+,8-/m0/s1. The lowest BCUT2D eigenvalue weighted by Gasteiger charge is -2.16. The lowest BCUT2D eigenvalue weighted by molar-refractivity contribution is -0.0456. The molecule has 17 heavy (non-hydrogen) atoms. The Kier molecular flexibility index (Phi) is 3.48. The lowest BCUT2D eigenvalue weighted by Crippen LogP contribution is -2.32. The molecule has 0 bridgehead atoms. The van der Waals surface area contributed by atoms with Gasteiger partial charge in [0, 0.05) is 6.20 Å². The highest BCUT2D eigenvalue weighted by Gasteiger charge is 2.43. The molecule has 94 valence electrons. The van der Waals surface area contributed by atoms with Crippen molar-refractivity contribution < 1.29 is 14.9 Å². The third-order valence-corrected chi connectivity index (χ3v) is 3.59. The molecule has 1 aliphatic rings. The number of ether oxygens (including phenoxy) is 1. The molecule has 4 atom stereocenters. The number of aliphatic hydroxyl groups is 2. The van der Waals surface area contributed by atoms with Gasteiger partial charge in [0.05, 0.1) is 17.5 Å². The van der Waals surface area contributed by atoms with Gasteiger partial charge in [0.1, 0.15) is 11.9 Å². The van der Waals surface area contributed by atoms with Gasteiger partial charge in [-0.2, -0.15) is 4.98 Å². The summed E-state index contributed by atoms with van der Waals surface area (Å²) in [4.78, 5) is 14.7. The monoisotopic (exact) mass is 305 g/mol. The molecule has 0 saturated carbocycles. The van der Waals surface area contributed by atoms with Gasteiger partial charge in [-0.25, -0.2) is 4.79 Å². The van der Waals surface area contributed by atoms with Crippen LogP contribution in [-0.2, 0) is 4.74 Å². The molecule has 0 aliphatic carbocycles. The fourth-order valence-electron chi connectivity index (χ4n) is 1.70. The van der Waals surface area contributed by atoms with Crippen LogP contribution < -0.4 is 11.4 Å². The molecule has 1 fully saturated rings. The minimum absolute atomic E-state index is 0.120. The third kappa shape index (κ3) is 2.21. The van der Waals surface area contributed by atoms with Crippen LogP contribution in [0.2, 0.25) is 0 Å². The van der Waals surface area contributed by atoms with E-state index in [2.05, 4.69) is 20.9 Å². The molecule has 4 N–H and O–H groups in total. The fraction of sp³-hybridized carbons (Fsp3) is 0.556. The zero-order chi connectivity index (χ0) is 12.6. The molecule has 0 amide bonds. The van der Waals surface area contributed by atoms with Crippen molar-refractivity contribution in [1.29, 1.82) is 0 Å². The van der Waals surface area contributed by atoms with E-state index in [1.165, 1.54) is 16.8 Å². The molecule has 1 saturated heterocycles. The Hall–Kier alpha value is -0.960. The number of aromatic nitrogens is 2. The number of hydrogen-bond acceptors (Lipinski definition) is 6. The van der Waals surface area contributed by atoms with Crippen LogP contribution in [0.1, 0.15) is 6.23 Å². The van der Waals surface area contributed by atoms with Crippen LogP contribution in [0, 0.1) is 0 Å². The number of nitrogen functional groups attached to an aromatic ring is 1. The van der Waals surface area contributed by atoms with E-state index in [4.69, 9.17) is 15.6 Å². The quantitative estimate of drug-likeness (QED) is 0.594. The molecule has 2 heterocycles. The first kappa shape index (κ1) is 12.5. The number of aliphatic hydroxyl groups excluding tert-OH is 2. The first-order chi connectivity index (χ1) is 8.04. The van der Waals surface area contributed by atoms with Gasteiger partial charge in [-0.05, 0) is 6.07 Å². The minimum atomic E-state index is -0.894. The molecule has 1 aromatic rings. The van der Waals surface area contributed by atoms with Crippen LogP contribution in [0.3, 0.4) is 0 Å². The summed E-state index contributed by atoms with van der Waals surface area (Å²) in [5, 5.41) is 18.7. The van der Waals surface area contributed by atoms with Crippen molar-refractivity contribution in [3.05, 3.63) is 22.7 Å². The van der Waals surface area contributed by atoms with Crippen LogP contribution in [0.5, 0.6) is 0 Å². The van der Waals surface area contributed by atoms with Crippen molar-refractivity contribution in [3.63, 3.8) is 0 Å². The van der Waals surface area contributed by atoms with Gasteiger partial charge in [0.2, 0.25) is 0 Å². The SMILES string of the molecule is Nc1ccn([C@H]2O[C@@H](CO)[C@@H](O)[C@H]2Br)c(=O)n1. The Morgan fingerprint density at radius 2 is 2.35 bits per heavy atom. The highest BCUT2D eigenvalue weighted by molar-refractivity contribution is 9.09. The predicted molar refractivity (Wildman–Crippen MR) is 62.6 cm³/mol. The van der Waals surface area contributed by atoms with Crippen LogP contribution in [0.25, 0.3) is 0 Å². The highest BCUT2D eigenvalue weighted by Crippen LogP contribution is 2.33. The molecule has 1 aliphatic heterocycles. The topological polar surface area (TPSA) is 111 Å². The summed E-state index contributed by atoms with van der Waals surface area (Å²) < 4.78 is 6.59. The van der Waals surface area contributed by atoms with Gasteiger partial charge in [-0.3, -0.25) is 4.57 Å². The molecule has 0 radical (unpaired) electrons. The molecule has 8 heteroatoms. The van der Waals surface area contributed by atoms with Crippen molar-refractivity contribution in [2.75, 3.05) is 12.3 Å². The molecule has 1 aromatic heterocycles. The zero-order valence-corrected chi connectivity index (χ0v) is 10.3. The summed E-state index contributed by atoms with van der Waals surface area (Å²) in [5.74, 6) is 0.120. The number of halogens is 1. The maximum atomic E-state index is 11.6. The first-order valence-corrected chi connectivity index (χ1v) is 5.89. The first-order valence-electron chi connectivity index (χ1n) is 4.97. The Morgan fingerprint density at radius 1 is 1.65 bits per heavy atom. The van der Waals surface area contributed by atoms with Crippen molar-refractivity contribution in [1.82, 2.24) is 9.55 Å². The number of nitrogens with two attached hydrogens (primary N) is 1. The summed E-state index contributed by atoms with van der Waals surface area (Å²) in [7, 11) is 0. The van der Waals surface area contributed by atoms with Crippen molar-refractivity contribution >= 4 is 21.7 Å². The summed E-state index contributed by atoms with van der Waals surface area (Å²) in [5.41, 5.74) is 4.81. The molecular formula is C9H12BrN3O4. The summed E-state index contributed by atoms with van der Waals surface area (Å²) in [6, 6.07) is 1.46. The van der Waals surface area contributed by atoms with Crippen molar-refractivity contribution in [3.8, 4) is 0 Å². The fourth-order valence-corrected chi connectivity index (χ4v) is 2.42. The number of nitrogens with zero attached hydrogens (tertiary/aromatic N) is 2. The zero-order valence-electron chi connectivity index (χ0n) is 8.73. The molecule has 0 unspecified atom stereocenters. The van der Waals surface area contributed by atoms with Crippen molar-refractivity contribution in [2.24, 2.45) is 0 Å². The lowest BCUT2D eigenvalue weighted by atomic mass is 10.2. The average molecular weight is 306 g/mol. The van der Waals surface area contributed by atoms with Crippen molar-refractivity contribution in [2.45, 2.75) is 23.3 Å². The van der Waals surface area contributed by atoms with Crippen LogP contribution in [0.4, 0.5) is 5.82 Å². The second-order valence-corrected chi connectivity index (χ2v) is 4.78. The van der Waals surface area contributed by atoms with Crippen LogP contribution in [0.15, 0.2) is 17.1 Å². The number of rotatable bonds is 2. The van der Waals surface area contributed by atoms with Gasteiger partial charge in [-0.15, -0.1) is 0 Å².